The average molecular weight is 913 g/mol. The molecule has 0 bridgehead atoms. The molecule has 2 saturated heterocycles. The zero-order valence-corrected chi connectivity index (χ0v) is 39.4. The Morgan fingerprint density at radius 2 is 1.09 bits per heavy atom. The SMILES string of the molecule is COC(=O)N[C@H](C(=O)N1CCC[C@@H]1c1ncc(-c2ccc(-c3ccc(-c4cnc([C@H]5CCCN5C(=O)[C@@H](NC(=O)OC)C5CCCCC5)[nH]4)c4c3C3(CCCC3)CC4)cc2)[nH]1)C1CCCCC1. The van der Waals surface area contributed by atoms with Crippen molar-refractivity contribution in [2.75, 3.05) is 27.3 Å². The lowest BCUT2D eigenvalue weighted by Gasteiger charge is -2.34. The lowest BCUT2D eigenvalue weighted by molar-refractivity contribution is -0.136. The lowest BCUT2D eigenvalue weighted by atomic mass is 9.76. The maximum Gasteiger partial charge on any atom is 0.407 e. The molecule has 67 heavy (non-hydrogen) atoms. The Kier molecular flexibility index (Phi) is 13.1. The molecule has 0 unspecified atom stereocenters. The molecule has 10 rings (SSSR count). The van der Waals surface area contributed by atoms with Gasteiger partial charge in [0.15, 0.2) is 0 Å². The van der Waals surface area contributed by atoms with Gasteiger partial charge >= 0.3 is 12.2 Å². The second-order valence-corrected chi connectivity index (χ2v) is 20.3. The second kappa shape index (κ2) is 19.5. The molecule has 14 nitrogen and oxygen atoms in total. The molecular formula is C53H68N8O6. The fourth-order valence-electron chi connectivity index (χ4n) is 13.2. The minimum atomic E-state index is -0.603. The Balaban J connectivity index is 0.885. The number of amides is 4. The largest absolute Gasteiger partial charge is 0.453 e. The molecule has 4 atom stereocenters. The number of H-pyrrole nitrogens is 2. The molecular weight excluding hydrogens is 845 g/mol. The van der Waals surface area contributed by atoms with Gasteiger partial charge in [-0.15, -0.1) is 0 Å². The lowest BCUT2D eigenvalue weighted by Crippen LogP contribution is -2.52. The van der Waals surface area contributed by atoms with Crippen molar-refractivity contribution in [2.45, 2.75) is 158 Å². The molecule has 4 amide bonds. The molecule has 4 N–H and O–H groups in total. The molecule has 14 heteroatoms. The van der Waals surface area contributed by atoms with Gasteiger partial charge in [0.1, 0.15) is 23.7 Å². The molecule has 2 aromatic heterocycles. The van der Waals surface area contributed by atoms with Gasteiger partial charge < -0.3 is 39.9 Å². The number of likely N-dealkylation sites (tertiary alicyclic amines) is 2. The minimum Gasteiger partial charge on any atom is -0.453 e. The Morgan fingerprint density at radius 3 is 1.63 bits per heavy atom. The van der Waals surface area contributed by atoms with Gasteiger partial charge in [0.05, 0.1) is 50.1 Å². The number of fused-ring (bicyclic) bond motifs is 2. The van der Waals surface area contributed by atoms with Gasteiger partial charge in [-0.3, -0.25) is 9.59 Å². The standard InChI is InChI=1S/C53H68N8O6/c1-66-51(64)58-45(35-13-5-3-6-14-35)49(62)60-29-11-17-42(60)47-54-31-40(56-47)34-21-19-33(20-22-34)37-23-24-38(39-25-28-53(44(37)39)26-9-10-27-53)41-32-55-48(57-41)43-18-12-30-61(43)50(63)46(59-52(65)67-2)36-15-7-4-8-16-36/h19-24,31-32,35-36,42-43,45-46H,3-18,25-30H2,1-2H3,(H,54,56)(H,55,57)(H,58,64)(H,59,65)/t42-,43-,45+,46+/m1/s1. The molecule has 2 aromatic carbocycles. The number of rotatable bonds is 11. The van der Waals surface area contributed by atoms with E-state index >= 15 is 0 Å². The van der Waals surface area contributed by atoms with Crippen LogP contribution in [0.3, 0.4) is 0 Å². The summed E-state index contributed by atoms with van der Waals surface area (Å²) in [4.78, 5) is 74.3. The quantitative estimate of drug-likeness (QED) is 0.115. The van der Waals surface area contributed by atoms with E-state index in [0.717, 1.165) is 131 Å². The highest BCUT2D eigenvalue weighted by Crippen LogP contribution is 2.55. The Morgan fingerprint density at radius 1 is 0.597 bits per heavy atom. The first-order chi connectivity index (χ1) is 32.7. The number of methoxy groups -OCH3 is 2. The number of carbonyl (C=O) groups is 4. The monoisotopic (exact) mass is 913 g/mol. The van der Waals surface area contributed by atoms with Crippen molar-refractivity contribution in [3.05, 3.63) is 71.6 Å². The molecule has 4 aliphatic carbocycles. The van der Waals surface area contributed by atoms with Crippen LogP contribution in [0, 0.1) is 11.8 Å². The van der Waals surface area contributed by atoms with E-state index in [9.17, 15) is 19.2 Å². The van der Waals surface area contributed by atoms with Crippen LogP contribution in [0.25, 0.3) is 33.6 Å². The van der Waals surface area contributed by atoms with E-state index in [2.05, 4.69) is 57.0 Å². The summed E-state index contributed by atoms with van der Waals surface area (Å²) in [6.45, 7) is 1.27. The van der Waals surface area contributed by atoms with Gasteiger partial charge in [0.25, 0.3) is 0 Å². The first-order valence-corrected chi connectivity index (χ1v) is 25.4. The summed E-state index contributed by atoms with van der Waals surface area (Å²) in [5, 5.41) is 5.82. The van der Waals surface area contributed by atoms with Crippen molar-refractivity contribution in [2.24, 2.45) is 11.8 Å². The highest BCUT2D eigenvalue weighted by atomic mass is 16.5. The number of hydrogen-bond acceptors (Lipinski definition) is 8. The van der Waals surface area contributed by atoms with E-state index in [1.165, 1.54) is 67.7 Å². The number of ether oxygens (including phenoxy) is 2. The molecule has 3 saturated carbocycles. The van der Waals surface area contributed by atoms with Gasteiger partial charge in [0.2, 0.25) is 11.8 Å². The molecule has 6 aliphatic rings. The predicted octanol–water partition coefficient (Wildman–Crippen LogP) is 9.83. The maximum atomic E-state index is 14.3. The second-order valence-electron chi connectivity index (χ2n) is 20.3. The zero-order valence-electron chi connectivity index (χ0n) is 39.4. The van der Waals surface area contributed by atoms with Gasteiger partial charge in [-0.25, -0.2) is 19.6 Å². The number of nitrogens with zero attached hydrogens (tertiary/aromatic N) is 4. The topological polar surface area (TPSA) is 175 Å². The third-order valence-electron chi connectivity index (χ3n) is 16.6. The summed E-state index contributed by atoms with van der Waals surface area (Å²) in [5.74, 6) is 1.69. The van der Waals surface area contributed by atoms with Crippen molar-refractivity contribution in [3.8, 4) is 33.6 Å². The fraction of sp³-hybridized carbons (Fsp3) is 0.585. The van der Waals surface area contributed by atoms with Crippen LogP contribution in [0.5, 0.6) is 0 Å². The van der Waals surface area contributed by atoms with Crippen molar-refractivity contribution < 1.29 is 28.7 Å². The number of aromatic nitrogens is 4. The van der Waals surface area contributed by atoms with Crippen LogP contribution in [-0.4, -0.2) is 93.1 Å². The number of carbonyl (C=O) groups excluding carboxylic acids is 4. The smallest absolute Gasteiger partial charge is 0.407 e. The van der Waals surface area contributed by atoms with Crippen molar-refractivity contribution in [1.82, 2.24) is 40.4 Å². The van der Waals surface area contributed by atoms with E-state index in [1.54, 1.807) is 0 Å². The number of hydrogen-bond donors (Lipinski definition) is 4. The molecule has 4 aromatic rings. The van der Waals surface area contributed by atoms with E-state index in [0.29, 0.717) is 13.1 Å². The predicted molar refractivity (Wildman–Crippen MR) is 255 cm³/mol. The summed E-state index contributed by atoms with van der Waals surface area (Å²) in [6.07, 6.45) is 23.4. The third-order valence-corrected chi connectivity index (χ3v) is 16.6. The van der Waals surface area contributed by atoms with Crippen LogP contribution in [-0.2, 0) is 30.9 Å². The molecule has 2 aliphatic heterocycles. The Bertz CT molecular complexity index is 2430. The van der Waals surface area contributed by atoms with Crippen LogP contribution < -0.4 is 10.6 Å². The van der Waals surface area contributed by atoms with E-state index < -0.39 is 24.3 Å². The van der Waals surface area contributed by atoms with E-state index in [4.69, 9.17) is 19.4 Å². The highest BCUT2D eigenvalue weighted by molar-refractivity contribution is 5.87. The average Bonchev–Trinajstić information content (AvgIpc) is 4.25. The summed E-state index contributed by atoms with van der Waals surface area (Å²) in [6, 6.07) is 11.8. The summed E-state index contributed by atoms with van der Waals surface area (Å²) in [7, 11) is 2.70. The summed E-state index contributed by atoms with van der Waals surface area (Å²) in [5.41, 5.74) is 9.65. The van der Waals surface area contributed by atoms with Crippen LogP contribution in [0.15, 0.2) is 48.8 Å². The fourth-order valence-corrected chi connectivity index (χ4v) is 13.2. The summed E-state index contributed by atoms with van der Waals surface area (Å²) >= 11 is 0. The number of alkyl carbamates (subject to hydrolysis) is 2. The third kappa shape index (κ3) is 8.85. The van der Waals surface area contributed by atoms with Gasteiger partial charge in [-0.1, -0.05) is 87.8 Å². The van der Waals surface area contributed by atoms with Gasteiger partial charge in [-0.05, 0) is 122 Å². The van der Waals surface area contributed by atoms with Crippen molar-refractivity contribution in [1.29, 1.82) is 0 Å². The first-order valence-electron chi connectivity index (χ1n) is 25.4. The number of aromatic amines is 2. The minimum absolute atomic E-state index is 0.0355. The van der Waals surface area contributed by atoms with Crippen LogP contribution in [0.2, 0.25) is 0 Å². The molecule has 1 spiro atoms. The highest BCUT2D eigenvalue weighted by Gasteiger charge is 2.45. The molecule has 5 fully saturated rings. The maximum absolute atomic E-state index is 14.3. The Labute approximate surface area is 394 Å². The van der Waals surface area contributed by atoms with Crippen LogP contribution in [0.1, 0.15) is 157 Å². The molecule has 4 heterocycles. The zero-order chi connectivity index (χ0) is 46.1. The van der Waals surface area contributed by atoms with Gasteiger partial charge in [-0.2, -0.15) is 0 Å². The normalized spacial score (nSPS) is 22.7. The van der Waals surface area contributed by atoms with Gasteiger partial charge in [0, 0.05) is 18.7 Å². The van der Waals surface area contributed by atoms with Crippen molar-refractivity contribution in [3.63, 3.8) is 0 Å². The van der Waals surface area contributed by atoms with Crippen molar-refractivity contribution >= 4 is 24.0 Å². The van der Waals surface area contributed by atoms with E-state index in [-0.39, 0.29) is 41.1 Å². The van der Waals surface area contributed by atoms with Crippen LogP contribution >= 0.6 is 0 Å². The molecule has 0 radical (unpaired) electrons. The van der Waals surface area contributed by atoms with Crippen LogP contribution in [0.4, 0.5) is 9.59 Å². The number of imidazole rings is 2. The first kappa shape index (κ1) is 45.1. The number of benzene rings is 2. The van der Waals surface area contributed by atoms with E-state index in [1.807, 2.05) is 22.2 Å². The molecule has 356 valence electrons. The Hall–Kier alpha value is -5.66. The summed E-state index contributed by atoms with van der Waals surface area (Å²) < 4.78 is 9.92. The number of nitrogens with one attached hydrogen (secondary N) is 4.